The highest BCUT2D eigenvalue weighted by Crippen LogP contribution is 2.17. The fourth-order valence-electron chi connectivity index (χ4n) is 2.56. The third kappa shape index (κ3) is 3.65. The van der Waals surface area contributed by atoms with Crippen LogP contribution in [0.15, 0.2) is 42.5 Å². The van der Waals surface area contributed by atoms with Crippen LogP contribution in [0.25, 0.3) is 0 Å². The quantitative estimate of drug-likeness (QED) is 0.648. The summed E-state index contributed by atoms with van der Waals surface area (Å²) < 4.78 is 13.2. The van der Waals surface area contributed by atoms with Gasteiger partial charge in [0.15, 0.2) is 0 Å². The molecule has 0 saturated carbocycles. The molecule has 0 heterocycles. The van der Waals surface area contributed by atoms with Crippen LogP contribution in [0.5, 0.6) is 0 Å². The maximum atomic E-state index is 13.2. The van der Waals surface area contributed by atoms with E-state index in [-0.39, 0.29) is 11.9 Å². The van der Waals surface area contributed by atoms with Crippen LogP contribution < -0.4 is 11.3 Å². The maximum absolute atomic E-state index is 13.2. The molecule has 3 heteroatoms. The Hall–Kier alpha value is -1.71. The minimum absolute atomic E-state index is 0.0941. The number of hydrogen-bond acceptors (Lipinski definition) is 2. The van der Waals surface area contributed by atoms with Crippen LogP contribution in [0.3, 0.4) is 0 Å². The second-order valence-electron chi connectivity index (χ2n) is 5.27. The SMILES string of the molecule is Cc1cccc(C)c1CC(Cc1cccc(F)c1)NN. The molecule has 0 amide bonds. The van der Waals surface area contributed by atoms with Crippen molar-refractivity contribution in [2.75, 3.05) is 0 Å². The van der Waals surface area contributed by atoms with Gasteiger partial charge in [-0.3, -0.25) is 11.3 Å². The lowest BCUT2D eigenvalue weighted by Crippen LogP contribution is -2.38. The molecule has 1 unspecified atom stereocenters. The van der Waals surface area contributed by atoms with Crippen LogP contribution >= 0.6 is 0 Å². The average molecular weight is 272 g/mol. The monoisotopic (exact) mass is 272 g/mol. The lowest BCUT2D eigenvalue weighted by atomic mass is 9.93. The molecule has 0 aliphatic heterocycles. The molecule has 106 valence electrons. The predicted octanol–water partition coefficient (Wildman–Crippen LogP) is 3.06. The summed E-state index contributed by atoms with van der Waals surface area (Å²) in [5.41, 5.74) is 7.66. The normalized spacial score (nSPS) is 12.4. The summed E-state index contributed by atoms with van der Waals surface area (Å²) in [6, 6.07) is 13.1. The highest BCUT2D eigenvalue weighted by atomic mass is 19.1. The van der Waals surface area contributed by atoms with E-state index in [1.807, 2.05) is 6.07 Å². The molecule has 2 aromatic rings. The van der Waals surface area contributed by atoms with E-state index in [2.05, 4.69) is 37.5 Å². The number of nitrogens with one attached hydrogen (secondary N) is 1. The molecule has 0 saturated heterocycles. The van der Waals surface area contributed by atoms with Crippen LogP contribution in [0.1, 0.15) is 22.3 Å². The van der Waals surface area contributed by atoms with Gasteiger partial charge in [-0.25, -0.2) is 4.39 Å². The maximum Gasteiger partial charge on any atom is 0.123 e. The first-order valence-electron chi connectivity index (χ1n) is 6.86. The first-order valence-corrected chi connectivity index (χ1v) is 6.86. The van der Waals surface area contributed by atoms with Crippen LogP contribution in [0, 0.1) is 19.7 Å². The Bertz CT molecular complexity index is 561. The Morgan fingerprint density at radius 3 is 2.30 bits per heavy atom. The van der Waals surface area contributed by atoms with Gasteiger partial charge in [0.1, 0.15) is 5.82 Å². The minimum atomic E-state index is -0.203. The molecule has 0 radical (unpaired) electrons. The predicted molar refractivity (Wildman–Crippen MR) is 80.8 cm³/mol. The van der Waals surface area contributed by atoms with E-state index in [4.69, 9.17) is 5.84 Å². The Kier molecular flexibility index (Phi) is 4.88. The number of benzene rings is 2. The molecule has 2 nitrogen and oxygen atoms in total. The van der Waals surface area contributed by atoms with Crippen molar-refractivity contribution < 1.29 is 4.39 Å². The van der Waals surface area contributed by atoms with Crippen molar-refractivity contribution in [1.82, 2.24) is 5.43 Å². The number of hydrogen-bond donors (Lipinski definition) is 2. The molecule has 2 aromatic carbocycles. The van der Waals surface area contributed by atoms with E-state index in [1.165, 1.54) is 22.8 Å². The zero-order valence-electron chi connectivity index (χ0n) is 12.0. The molecule has 1 atom stereocenters. The van der Waals surface area contributed by atoms with Crippen LogP contribution in [-0.4, -0.2) is 6.04 Å². The lowest BCUT2D eigenvalue weighted by Gasteiger charge is -2.19. The molecule has 20 heavy (non-hydrogen) atoms. The first kappa shape index (κ1) is 14.7. The molecule has 0 aliphatic rings. The van der Waals surface area contributed by atoms with Gasteiger partial charge in [0.2, 0.25) is 0 Å². The summed E-state index contributed by atoms with van der Waals surface area (Å²) in [4.78, 5) is 0. The van der Waals surface area contributed by atoms with E-state index in [0.717, 1.165) is 12.0 Å². The fraction of sp³-hybridized carbons (Fsp3) is 0.294. The molecule has 0 bridgehead atoms. The van der Waals surface area contributed by atoms with Crippen molar-refractivity contribution in [3.8, 4) is 0 Å². The van der Waals surface area contributed by atoms with Gasteiger partial charge in [-0.05, 0) is 61.1 Å². The van der Waals surface area contributed by atoms with E-state index in [1.54, 1.807) is 12.1 Å². The highest BCUT2D eigenvalue weighted by Gasteiger charge is 2.12. The van der Waals surface area contributed by atoms with E-state index in [9.17, 15) is 4.39 Å². The van der Waals surface area contributed by atoms with Crippen molar-refractivity contribution in [3.63, 3.8) is 0 Å². The molecule has 0 aromatic heterocycles. The third-order valence-electron chi connectivity index (χ3n) is 3.70. The van der Waals surface area contributed by atoms with Crippen molar-refractivity contribution >= 4 is 0 Å². The fourth-order valence-corrected chi connectivity index (χ4v) is 2.56. The van der Waals surface area contributed by atoms with Crippen LogP contribution in [0.4, 0.5) is 4.39 Å². The number of halogens is 1. The molecule has 0 fully saturated rings. The summed E-state index contributed by atoms with van der Waals surface area (Å²) in [5, 5.41) is 0. The Labute approximate surface area is 119 Å². The average Bonchev–Trinajstić information content (AvgIpc) is 2.42. The highest BCUT2D eigenvalue weighted by molar-refractivity contribution is 5.34. The second kappa shape index (κ2) is 6.64. The van der Waals surface area contributed by atoms with E-state index < -0.39 is 0 Å². The molecule has 0 aliphatic carbocycles. The molecule has 0 spiro atoms. The van der Waals surface area contributed by atoms with Crippen molar-refractivity contribution in [2.24, 2.45) is 5.84 Å². The molecular weight excluding hydrogens is 251 g/mol. The summed E-state index contributed by atoms with van der Waals surface area (Å²) in [5.74, 6) is 5.46. The van der Waals surface area contributed by atoms with E-state index >= 15 is 0 Å². The first-order chi connectivity index (χ1) is 9.60. The van der Waals surface area contributed by atoms with Gasteiger partial charge in [0.25, 0.3) is 0 Å². The third-order valence-corrected chi connectivity index (χ3v) is 3.70. The number of rotatable bonds is 5. The summed E-state index contributed by atoms with van der Waals surface area (Å²) >= 11 is 0. The topological polar surface area (TPSA) is 38.0 Å². The van der Waals surface area contributed by atoms with Crippen molar-refractivity contribution in [2.45, 2.75) is 32.7 Å². The summed E-state index contributed by atoms with van der Waals surface area (Å²) in [7, 11) is 0. The van der Waals surface area contributed by atoms with Gasteiger partial charge >= 0.3 is 0 Å². The van der Waals surface area contributed by atoms with Gasteiger partial charge in [0.05, 0.1) is 0 Å². The molecule has 2 rings (SSSR count). The molecule has 3 N–H and O–H groups in total. The smallest absolute Gasteiger partial charge is 0.123 e. The van der Waals surface area contributed by atoms with Gasteiger partial charge < -0.3 is 0 Å². The van der Waals surface area contributed by atoms with Gasteiger partial charge in [-0.15, -0.1) is 0 Å². The number of aryl methyl sites for hydroxylation is 2. The second-order valence-corrected chi connectivity index (χ2v) is 5.27. The van der Waals surface area contributed by atoms with Crippen molar-refractivity contribution in [1.29, 1.82) is 0 Å². The van der Waals surface area contributed by atoms with Crippen molar-refractivity contribution in [3.05, 3.63) is 70.5 Å². The van der Waals surface area contributed by atoms with E-state index in [0.29, 0.717) is 6.42 Å². The minimum Gasteiger partial charge on any atom is -0.271 e. The van der Waals surface area contributed by atoms with Gasteiger partial charge in [0, 0.05) is 6.04 Å². The number of hydrazine groups is 1. The number of nitrogens with two attached hydrogens (primary N) is 1. The zero-order valence-corrected chi connectivity index (χ0v) is 12.0. The van der Waals surface area contributed by atoms with Crippen LogP contribution in [0.2, 0.25) is 0 Å². The Morgan fingerprint density at radius 1 is 1.05 bits per heavy atom. The zero-order chi connectivity index (χ0) is 14.5. The Balaban J connectivity index is 2.13. The lowest BCUT2D eigenvalue weighted by molar-refractivity contribution is 0.518. The van der Waals surface area contributed by atoms with Crippen LogP contribution in [-0.2, 0) is 12.8 Å². The van der Waals surface area contributed by atoms with Gasteiger partial charge in [-0.2, -0.15) is 0 Å². The van der Waals surface area contributed by atoms with Gasteiger partial charge in [-0.1, -0.05) is 30.3 Å². The standard InChI is InChI=1S/C17H21FN2/c1-12-5-3-6-13(2)17(12)11-16(20-19)10-14-7-4-8-15(18)9-14/h3-9,16,20H,10-11,19H2,1-2H3. The largest absolute Gasteiger partial charge is 0.271 e. The summed E-state index contributed by atoms with van der Waals surface area (Å²) in [6.45, 7) is 4.22. The summed E-state index contributed by atoms with van der Waals surface area (Å²) in [6.07, 6.45) is 1.55. The molecular formula is C17H21FN2. The Morgan fingerprint density at radius 2 is 1.70 bits per heavy atom.